The number of halogens is 2. The van der Waals surface area contributed by atoms with Crippen LogP contribution in [0.25, 0.3) is 5.65 Å². The summed E-state index contributed by atoms with van der Waals surface area (Å²) >= 11 is 11.8. The van der Waals surface area contributed by atoms with Crippen molar-refractivity contribution in [2.45, 2.75) is 13.8 Å². The van der Waals surface area contributed by atoms with Gasteiger partial charge in [-0.2, -0.15) is 0 Å². The van der Waals surface area contributed by atoms with Crippen molar-refractivity contribution in [3.8, 4) is 0 Å². The number of rotatable bonds is 0. The third-order valence-electron chi connectivity index (χ3n) is 2.31. The van der Waals surface area contributed by atoms with Crippen LogP contribution >= 0.6 is 23.2 Å². The van der Waals surface area contributed by atoms with Gasteiger partial charge in [-0.25, -0.2) is 4.98 Å². The molecule has 0 saturated carbocycles. The molecule has 0 aliphatic rings. The van der Waals surface area contributed by atoms with Crippen molar-refractivity contribution in [2.75, 3.05) is 0 Å². The summed E-state index contributed by atoms with van der Waals surface area (Å²) in [5, 5.41) is 0.794. The molecule has 78 valence electrons. The summed E-state index contributed by atoms with van der Waals surface area (Å²) in [5.74, 6) is 0. The molecule has 2 aromatic rings. The first-order valence-corrected chi connectivity index (χ1v) is 5.11. The van der Waals surface area contributed by atoms with Gasteiger partial charge < -0.3 is 0 Å². The van der Waals surface area contributed by atoms with Crippen LogP contribution in [0.3, 0.4) is 0 Å². The predicted molar refractivity (Wildman–Crippen MR) is 61.0 cm³/mol. The Morgan fingerprint density at radius 2 is 2.00 bits per heavy atom. The molecular weight excluding hydrogens is 235 g/mol. The molecule has 0 N–H and O–H groups in total. The Balaban J connectivity index is 3.06. The van der Waals surface area contributed by atoms with Gasteiger partial charge in [-0.1, -0.05) is 23.2 Å². The van der Waals surface area contributed by atoms with E-state index in [9.17, 15) is 4.79 Å². The third-order valence-corrected chi connectivity index (χ3v) is 2.80. The van der Waals surface area contributed by atoms with Gasteiger partial charge in [0.2, 0.25) is 0 Å². The van der Waals surface area contributed by atoms with E-state index in [1.165, 1.54) is 10.6 Å². The zero-order valence-corrected chi connectivity index (χ0v) is 9.73. The van der Waals surface area contributed by atoms with Crippen LogP contribution in [-0.2, 0) is 0 Å². The van der Waals surface area contributed by atoms with Crippen molar-refractivity contribution in [2.24, 2.45) is 0 Å². The van der Waals surface area contributed by atoms with Gasteiger partial charge in [0.25, 0.3) is 5.56 Å². The van der Waals surface area contributed by atoms with Crippen molar-refractivity contribution in [3.05, 3.63) is 43.9 Å². The van der Waals surface area contributed by atoms with E-state index in [0.29, 0.717) is 26.9 Å². The van der Waals surface area contributed by atoms with Crippen LogP contribution in [0.15, 0.2) is 17.1 Å². The number of pyridine rings is 1. The van der Waals surface area contributed by atoms with E-state index in [-0.39, 0.29) is 5.56 Å². The normalized spacial score (nSPS) is 10.9. The maximum Gasteiger partial charge on any atom is 0.261 e. The van der Waals surface area contributed by atoms with Crippen LogP contribution in [0.4, 0.5) is 0 Å². The molecule has 2 rings (SSSR count). The first-order chi connectivity index (χ1) is 7.00. The average molecular weight is 243 g/mol. The van der Waals surface area contributed by atoms with Gasteiger partial charge in [0.1, 0.15) is 0 Å². The fourth-order valence-corrected chi connectivity index (χ4v) is 1.88. The van der Waals surface area contributed by atoms with Crippen molar-refractivity contribution in [1.29, 1.82) is 0 Å². The quantitative estimate of drug-likeness (QED) is 0.712. The van der Waals surface area contributed by atoms with E-state index in [2.05, 4.69) is 4.98 Å². The van der Waals surface area contributed by atoms with Crippen LogP contribution in [-0.4, -0.2) is 9.38 Å². The van der Waals surface area contributed by atoms with Gasteiger partial charge in [0.05, 0.1) is 10.0 Å². The van der Waals surface area contributed by atoms with Gasteiger partial charge in [-0.15, -0.1) is 0 Å². The van der Waals surface area contributed by atoms with E-state index < -0.39 is 0 Å². The van der Waals surface area contributed by atoms with Crippen LogP contribution in [0.5, 0.6) is 0 Å². The number of aryl methyl sites for hydroxylation is 1. The summed E-state index contributed by atoms with van der Waals surface area (Å²) in [4.78, 5) is 16.1. The van der Waals surface area contributed by atoms with Gasteiger partial charge in [0, 0.05) is 17.5 Å². The predicted octanol–water partition coefficient (Wildman–Crippen LogP) is 2.62. The fourth-order valence-electron chi connectivity index (χ4n) is 1.36. The van der Waals surface area contributed by atoms with E-state index >= 15 is 0 Å². The molecule has 2 aromatic heterocycles. The highest BCUT2D eigenvalue weighted by Gasteiger charge is 2.08. The second-order valence-corrected chi connectivity index (χ2v) is 4.17. The highest BCUT2D eigenvalue weighted by molar-refractivity contribution is 6.36. The minimum absolute atomic E-state index is 0.137. The summed E-state index contributed by atoms with van der Waals surface area (Å²) in [6, 6.07) is 1.57. The molecule has 15 heavy (non-hydrogen) atoms. The standard InChI is InChI=1S/C10H8Cl2N2O/c1-5-6(2)13-9-8(12)3-7(11)4-14(9)10(5)15/h3-4H,1-2H3. The largest absolute Gasteiger partial charge is 0.269 e. The second-order valence-electron chi connectivity index (χ2n) is 3.33. The molecule has 0 amide bonds. The number of hydrogen-bond donors (Lipinski definition) is 0. The number of nitrogens with zero attached hydrogens (tertiary/aromatic N) is 2. The minimum atomic E-state index is -0.137. The lowest BCUT2D eigenvalue weighted by Crippen LogP contribution is -2.19. The molecule has 3 nitrogen and oxygen atoms in total. The lowest BCUT2D eigenvalue weighted by molar-refractivity contribution is 0.984. The third kappa shape index (κ3) is 1.62. The summed E-state index contributed by atoms with van der Waals surface area (Å²) < 4.78 is 1.37. The minimum Gasteiger partial charge on any atom is -0.269 e. The lowest BCUT2D eigenvalue weighted by Gasteiger charge is -2.06. The lowest BCUT2D eigenvalue weighted by atomic mass is 10.2. The summed E-state index contributed by atoms with van der Waals surface area (Å²) in [6.45, 7) is 3.51. The maximum absolute atomic E-state index is 11.9. The van der Waals surface area contributed by atoms with E-state index in [1.54, 1.807) is 19.9 Å². The molecule has 0 aliphatic heterocycles. The van der Waals surface area contributed by atoms with Crippen LogP contribution in [0.2, 0.25) is 10.0 Å². The van der Waals surface area contributed by atoms with Gasteiger partial charge in [-0.3, -0.25) is 9.20 Å². The van der Waals surface area contributed by atoms with Crippen LogP contribution in [0.1, 0.15) is 11.3 Å². The summed E-state index contributed by atoms with van der Waals surface area (Å²) in [6.07, 6.45) is 1.52. The fraction of sp³-hybridized carbons (Fsp3) is 0.200. The molecule has 0 spiro atoms. The van der Waals surface area contributed by atoms with Gasteiger partial charge in [0.15, 0.2) is 5.65 Å². The molecular formula is C10H8Cl2N2O. The van der Waals surface area contributed by atoms with Crippen molar-refractivity contribution >= 4 is 28.8 Å². The van der Waals surface area contributed by atoms with E-state index in [1.807, 2.05) is 0 Å². The second kappa shape index (κ2) is 3.51. The monoisotopic (exact) mass is 242 g/mol. The van der Waals surface area contributed by atoms with Crippen LogP contribution < -0.4 is 5.56 Å². The van der Waals surface area contributed by atoms with Gasteiger partial charge in [-0.05, 0) is 19.9 Å². The summed E-state index contributed by atoms with van der Waals surface area (Å²) in [7, 11) is 0. The molecule has 0 bridgehead atoms. The smallest absolute Gasteiger partial charge is 0.261 e. The van der Waals surface area contributed by atoms with E-state index in [0.717, 1.165) is 0 Å². The maximum atomic E-state index is 11.9. The number of aromatic nitrogens is 2. The Kier molecular flexibility index (Phi) is 2.44. The molecule has 5 heteroatoms. The topological polar surface area (TPSA) is 34.4 Å². The zero-order valence-electron chi connectivity index (χ0n) is 8.21. The Labute approximate surface area is 96.3 Å². The molecule has 0 aliphatic carbocycles. The highest BCUT2D eigenvalue weighted by Crippen LogP contribution is 2.19. The molecule has 2 heterocycles. The first-order valence-electron chi connectivity index (χ1n) is 4.35. The van der Waals surface area contributed by atoms with Gasteiger partial charge >= 0.3 is 0 Å². The van der Waals surface area contributed by atoms with Crippen molar-refractivity contribution < 1.29 is 0 Å². The Hall–Kier alpha value is -1.06. The summed E-state index contributed by atoms with van der Waals surface area (Å²) in [5.41, 5.74) is 1.59. The molecule has 0 atom stereocenters. The zero-order chi connectivity index (χ0) is 11.2. The Morgan fingerprint density at radius 3 is 2.67 bits per heavy atom. The highest BCUT2D eigenvalue weighted by atomic mass is 35.5. The molecule has 0 unspecified atom stereocenters. The van der Waals surface area contributed by atoms with Crippen LogP contribution in [0, 0.1) is 13.8 Å². The average Bonchev–Trinajstić information content (AvgIpc) is 2.17. The Morgan fingerprint density at radius 1 is 1.33 bits per heavy atom. The SMILES string of the molecule is Cc1nc2c(Cl)cc(Cl)cn2c(=O)c1C. The molecule has 0 aromatic carbocycles. The molecule has 0 radical (unpaired) electrons. The van der Waals surface area contributed by atoms with E-state index in [4.69, 9.17) is 23.2 Å². The Bertz CT molecular complexity index is 604. The number of hydrogen-bond acceptors (Lipinski definition) is 2. The first kappa shape index (κ1) is 10.5. The number of fused-ring (bicyclic) bond motifs is 1. The molecule has 0 saturated heterocycles. The van der Waals surface area contributed by atoms with Crippen molar-refractivity contribution in [3.63, 3.8) is 0 Å². The van der Waals surface area contributed by atoms with Crippen molar-refractivity contribution in [1.82, 2.24) is 9.38 Å². The molecule has 0 fully saturated rings.